The summed E-state index contributed by atoms with van der Waals surface area (Å²) in [6.45, 7) is 6.34. The quantitative estimate of drug-likeness (QED) is 0.601. The third-order valence-electron chi connectivity index (χ3n) is 6.88. The van der Waals surface area contributed by atoms with Gasteiger partial charge in [0.2, 0.25) is 12.7 Å². The summed E-state index contributed by atoms with van der Waals surface area (Å²) in [4.78, 5) is 17.5. The van der Waals surface area contributed by atoms with Crippen LogP contribution in [0.4, 0.5) is 0 Å². The van der Waals surface area contributed by atoms with Gasteiger partial charge in [-0.05, 0) is 30.5 Å². The van der Waals surface area contributed by atoms with Crippen molar-refractivity contribution in [3.05, 3.63) is 23.8 Å². The second-order valence-electron chi connectivity index (χ2n) is 9.01. The number of carbonyl (C=O) groups excluding carboxylic acids is 1. The molecule has 1 aromatic rings. The maximum Gasteiger partial charge on any atom is 0.282 e. The van der Waals surface area contributed by atoms with Crippen molar-refractivity contribution >= 4 is 16.1 Å². The Morgan fingerprint density at radius 3 is 2.48 bits per heavy atom. The van der Waals surface area contributed by atoms with Crippen molar-refractivity contribution in [1.82, 2.24) is 18.4 Å². The van der Waals surface area contributed by atoms with E-state index in [1.165, 1.54) is 8.61 Å². The maximum atomic E-state index is 13.2. The lowest BCUT2D eigenvalue weighted by Gasteiger charge is -2.40. The van der Waals surface area contributed by atoms with E-state index in [9.17, 15) is 13.2 Å². The Hall–Kier alpha value is -1.92. The Bertz CT molecular complexity index is 960. The zero-order valence-corrected chi connectivity index (χ0v) is 19.7. The monoisotopic (exact) mass is 480 g/mol. The van der Waals surface area contributed by atoms with Crippen molar-refractivity contribution in [3.8, 4) is 11.5 Å². The maximum absolute atomic E-state index is 13.2. The number of piperidine rings is 1. The Morgan fingerprint density at radius 1 is 0.939 bits per heavy atom. The van der Waals surface area contributed by atoms with Gasteiger partial charge in [0.25, 0.3) is 10.2 Å². The predicted octanol–water partition coefficient (Wildman–Crippen LogP) is 0.349. The molecule has 10 nitrogen and oxygen atoms in total. The second-order valence-corrected chi connectivity index (χ2v) is 10.9. The highest BCUT2D eigenvalue weighted by Gasteiger charge is 2.38. The van der Waals surface area contributed by atoms with Crippen molar-refractivity contribution in [3.63, 3.8) is 0 Å². The third kappa shape index (κ3) is 4.97. The number of amides is 1. The Kier molecular flexibility index (Phi) is 6.75. The number of fused-ring (bicyclic) bond motifs is 1. The molecule has 1 aromatic carbocycles. The van der Waals surface area contributed by atoms with E-state index in [4.69, 9.17) is 14.2 Å². The van der Waals surface area contributed by atoms with Crippen molar-refractivity contribution < 1.29 is 27.4 Å². The van der Waals surface area contributed by atoms with E-state index in [1.807, 2.05) is 17.0 Å². The van der Waals surface area contributed by atoms with Crippen LogP contribution in [0.25, 0.3) is 0 Å². The molecule has 1 amide bonds. The summed E-state index contributed by atoms with van der Waals surface area (Å²) in [5.74, 6) is 1.39. The molecule has 0 aromatic heterocycles. The van der Waals surface area contributed by atoms with Crippen molar-refractivity contribution in [1.29, 1.82) is 0 Å². The molecular formula is C22H32N4O6S. The molecule has 4 aliphatic rings. The van der Waals surface area contributed by atoms with Gasteiger partial charge in [0.1, 0.15) is 0 Å². The van der Waals surface area contributed by atoms with Gasteiger partial charge in [-0.2, -0.15) is 17.0 Å². The summed E-state index contributed by atoms with van der Waals surface area (Å²) >= 11 is 0. The lowest BCUT2D eigenvalue weighted by atomic mass is 9.97. The normalized spacial score (nSPS) is 25.3. The topological polar surface area (TPSA) is 91.9 Å². The molecule has 0 saturated carbocycles. The van der Waals surface area contributed by atoms with Gasteiger partial charge in [-0.15, -0.1) is 0 Å². The Balaban J connectivity index is 1.13. The first-order valence-electron chi connectivity index (χ1n) is 11.7. The lowest BCUT2D eigenvalue weighted by molar-refractivity contribution is -0.138. The molecule has 4 heterocycles. The van der Waals surface area contributed by atoms with Gasteiger partial charge in [0, 0.05) is 58.9 Å². The van der Waals surface area contributed by atoms with Crippen LogP contribution in [0.2, 0.25) is 0 Å². The van der Waals surface area contributed by atoms with Crippen LogP contribution < -0.4 is 9.47 Å². The first-order valence-corrected chi connectivity index (χ1v) is 13.1. The first-order chi connectivity index (χ1) is 16.0. The van der Waals surface area contributed by atoms with Gasteiger partial charge in [-0.3, -0.25) is 9.69 Å². The highest BCUT2D eigenvalue weighted by Crippen LogP contribution is 2.33. The largest absolute Gasteiger partial charge is 0.454 e. The summed E-state index contributed by atoms with van der Waals surface area (Å²) in [5.41, 5.74) is 1.16. The zero-order valence-electron chi connectivity index (χ0n) is 18.9. The molecule has 5 rings (SSSR count). The van der Waals surface area contributed by atoms with Crippen LogP contribution >= 0.6 is 0 Å². The third-order valence-corrected chi connectivity index (χ3v) is 8.89. The molecule has 0 bridgehead atoms. The molecule has 0 radical (unpaired) electrons. The number of nitrogens with zero attached hydrogens (tertiary/aromatic N) is 4. The zero-order chi connectivity index (χ0) is 22.8. The predicted molar refractivity (Wildman–Crippen MR) is 120 cm³/mol. The highest BCUT2D eigenvalue weighted by atomic mass is 32.2. The fourth-order valence-corrected chi connectivity index (χ4v) is 6.64. The number of hydrogen-bond acceptors (Lipinski definition) is 7. The van der Waals surface area contributed by atoms with Gasteiger partial charge in [0.15, 0.2) is 11.5 Å². The fraction of sp³-hybridized carbons (Fsp3) is 0.682. The van der Waals surface area contributed by atoms with Crippen molar-refractivity contribution in [2.45, 2.75) is 19.4 Å². The first kappa shape index (κ1) is 22.9. The number of piperazine rings is 1. The highest BCUT2D eigenvalue weighted by molar-refractivity contribution is 7.86. The van der Waals surface area contributed by atoms with E-state index in [-0.39, 0.29) is 25.2 Å². The van der Waals surface area contributed by atoms with Gasteiger partial charge in [-0.1, -0.05) is 6.07 Å². The SMILES string of the molecule is O=C([C@H]1CCCN(S(=O)(=O)N2CCOCC2)C1)N1CCN(Cc2ccc3c(c2)OCO3)CC1. The van der Waals surface area contributed by atoms with Crippen LogP contribution in [-0.4, -0.2) is 105 Å². The summed E-state index contributed by atoms with van der Waals surface area (Å²) in [7, 11) is -3.54. The van der Waals surface area contributed by atoms with E-state index >= 15 is 0 Å². The minimum absolute atomic E-state index is 0.0830. The molecular weight excluding hydrogens is 448 g/mol. The number of morpholine rings is 1. The standard InChI is InChI=1S/C22H32N4O6S/c27-22(19-2-1-5-26(16-19)33(28,29)25-10-12-30-13-11-25)24-8-6-23(7-9-24)15-18-3-4-20-21(14-18)32-17-31-20/h3-4,14,19H,1-2,5-13,15-17H2/t19-/m0/s1. The average Bonchev–Trinajstić information content (AvgIpc) is 3.33. The number of ether oxygens (including phenoxy) is 3. The Labute approximate surface area is 195 Å². The fourth-order valence-electron chi connectivity index (χ4n) is 4.98. The Morgan fingerprint density at radius 2 is 1.70 bits per heavy atom. The number of carbonyl (C=O) groups is 1. The minimum atomic E-state index is -3.54. The van der Waals surface area contributed by atoms with Crippen molar-refractivity contribution in [2.75, 3.05) is 72.4 Å². The molecule has 33 heavy (non-hydrogen) atoms. The van der Waals surface area contributed by atoms with Gasteiger partial charge >= 0.3 is 0 Å². The molecule has 4 aliphatic heterocycles. The molecule has 1 atom stereocenters. The molecule has 3 saturated heterocycles. The molecule has 11 heteroatoms. The summed E-state index contributed by atoms with van der Waals surface area (Å²) in [5, 5.41) is 0. The average molecular weight is 481 g/mol. The van der Waals surface area contributed by atoms with Gasteiger partial charge in [0.05, 0.1) is 19.1 Å². The van der Waals surface area contributed by atoms with Crippen molar-refractivity contribution in [2.24, 2.45) is 5.92 Å². The van der Waals surface area contributed by atoms with Gasteiger partial charge in [-0.25, -0.2) is 0 Å². The summed E-state index contributed by atoms with van der Waals surface area (Å²) < 4.78 is 45.2. The molecule has 0 aliphatic carbocycles. The smallest absolute Gasteiger partial charge is 0.282 e. The number of rotatable bonds is 5. The van der Waals surface area contributed by atoms with E-state index in [2.05, 4.69) is 11.0 Å². The van der Waals surface area contributed by atoms with Crippen LogP contribution in [0.3, 0.4) is 0 Å². The van der Waals surface area contributed by atoms with E-state index in [0.29, 0.717) is 52.4 Å². The van der Waals surface area contributed by atoms with E-state index in [1.54, 1.807) is 0 Å². The van der Waals surface area contributed by atoms with E-state index in [0.717, 1.165) is 43.1 Å². The van der Waals surface area contributed by atoms with Crippen LogP contribution in [0.15, 0.2) is 18.2 Å². The second kappa shape index (κ2) is 9.75. The van der Waals surface area contributed by atoms with Crippen LogP contribution in [-0.2, 0) is 26.3 Å². The van der Waals surface area contributed by atoms with Crippen LogP contribution in [0.5, 0.6) is 11.5 Å². The molecule has 0 N–H and O–H groups in total. The minimum Gasteiger partial charge on any atom is -0.454 e. The molecule has 0 spiro atoms. The molecule has 182 valence electrons. The number of hydrogen-bond donors (Lipinski definition) is 0. The number of benzene rings is 1. The lowest BCUT2D eigenvalue weighted by Crippen LogP contribution is -2.55. The summed E-state index contributed by atoms with van der Waals surface area (Å²) in [6.07, 6.45) is 1.45. The molecule has 3 fully saturated rings. The molecule has 0 unspecified atom stereocenters. The summed E-state index contributed by atoms with van der Waals surface area (Å²) in [6, 6.07) is 6.01. The van der Waals surface area contributed by atoms with Crippen LogP contribution in [0, 0.1) is 5.92 Å². The van der Waals surface area contributed by atoms with Crippen LogP contribution in [0.1, 0.15) is 18.4 Å². The van der Waals surface area contributed by atoms with Gasteiger partial charge < -0.3 is 19.1 Å². The van der Waals surface area contributed by atoms with E-state index < -0.39 is 10.2 Å².